The third kappa shape index (κ3) is 3.63. The molecule has 0 amide bonds. The molecule has 0 radical (unpaired) electrons. The van der Waals surface area contributed by atoms with Crippen LogP contribution in [0.2, 0.25) is 0 Å². The average Bonchev–Trinajstić information content (AvgIpc) is 2.53. The molecule has 2 aromatic rings. The minimum Gasteiger partial charge on any atom is -0.258 e. The molecule has 22 heavy (non-hydrogen) atoms. The Morgan fingerprint density at radius 2 is 1.95 bits per heavy atom. The molecule has 0 bridgehead atoms. The normalized spacial score (nSPS) is 10.8. The van der Waals surface area contributed by atoms with Gasteiger partial charge in [0.15, 0.2) is 0 Å². The summed E-state index contributed by atoms with van der Waals surface area (Å²) in [5.41, 5.74) is 10.5. The monoisotopic (exact) mass is 292 g/mol. The van der Waals surface area contributed by atoms with Gasteiger partial charge in [0.05, 0.1) is 11.0 Å². The van der Waals surface area contributed by atoms with Crippen molar-refractivity contribution in [3.63, 3.8) is 0 Å². The summed E-state index contributed by atoms with van der Waals surface area (Å²) in [5.74, 6) is 5.88. The van der Waals surface area contributed by atoms with Gasteiger partial charge in [-0.15, -0.1) is 0 Å². The number of hydrogen-bond donors (Lipinski definition) is 0. The van der Waals surface area contributed by atoms with Gasteiger partial charge in [0.1, 0.15) is 0 Å². The van der Waals surface area contributed by atoms with Crippen LogP contribution in [0.5, 0.6) is 0 Å². The lowest BCUT2D eigenvalue weighted by Gasteiger charge is -2.07. The largest absolute Gasteiger partial charge is 0.270 e. The van der Waals surface area contributed by atoms with E-state index in [1.54, 1.807) is 13.0 Å². The van der Waals surface area contributed by atoms with Crippen molar-refractivity contribution >= 4 is 5.69 Å². The quantitative estimate of drug-likeness (QED) is 0.210. The number of rotatable bonds is 3. The fourth-order valence-corrected chi connectivity index (χ4v) is 1.93. The first-order chi connectivity index (χ1) is 10.6. The van der Waals surface area contributed by atoms with Crippen molar-refractivity contribution in [2.24, 2.45) is 5.11 Å². The maximum atomic E-state index is 10.9. The number of nitro benzene ring substituents is 1. The summed E-state index contributed by atoms with van der Waals surface area (Å²) in [6, 6.07) is 13.2. The highest BCUT2D eigenvalue weighted by atomic mass is 16.6. The van der Waals surface area contributed by atoms with Gasteiger partial charge in [0.25, 0.3) is 5.69 Å². The minimum absolute atomic E-state index is 0.0470. The van der Waals surface area contributed by atoms with Gasteiger partial charge >= 0.3 is 0 Å². The van der Waals surface area contributed by atoms with Gasteiger partial charge in [-0.25, -0.2) is 0 Å². The first kappa shape index (κ1) is 15.1. The van der Waals surface area contributed by atoms with Crippen molar-refractivity contribution in [1.29, 1.82) is 0 Å². The summed E-state index contributed by atoms with van der Waals surface area (Å²) in [7, 11) is 0. The fraction of sp³-hybridized carbons (Fsp3) is 0.125. The highest BCUT2D eigenvalue weighted by molar-refractivity contribution is 5.52. The molecule has 0 aliphatic heterocycles. The molecule has 0 aliphatic rings. The van der Waals surface area contributed by atoms with Crippen molar-refractivity contribution in [2.45, 2.75) is 13.0 Å². The van der Waals surface area contributed by atoms with E-state index < -0.39 is 11.0 Å². The molecule has 1 unspecified atom stereocenters. The van der Waals surface area contributed by atoms with Crippen molar-refractivity contribution < 1.29 is 4.92 Å². The second kappa shape index (κ2) is 6.93. The Morgan fingerprint density at radius 1 is 1.23 bits per heavy atom. The molecule has 0 heterocycles. The van der Waals surface area contributed by atoms with Crippen LogP contribution in [-0.4, -0.2) is 4.92 Å². The number of benzene rings is 2. The van der Waals surface area contributed by atoms with Gasteiger partial charge in [-0.1, -0.05) is 48.1 Å². The Labute approximate surface area is 127 Å². The van der Waals surface area contributed by atoms with Crippen LogP contribution < -0.4 is 0 Å². The topological polar surface area (TPSA) is 91.9 Å². The number of non-ortho nitro benzene ring substituents is 1. The lowest BCUT2D eigenvalue weighted by Crippen LogP contribution is -1.96. The molecule has 1 atom stereocenters. The molecule has 0 saturated heterocycles. The molecule has 0 saturated carbocycles. The average molecular weight is 292 g/mol. The van der Waals surface area contributed by atoms with Crippen molar-refractivity contribution in [3.8, 4) is 11.8 Å². The van der Waals surface area contributed by atoms with Crippen LogP contribution in [0.25, 0.3) is 10.4 Å². The Balaban J connectivity index is 2.50. The number of hydrogen-bond acceptors (Lipinski definition) is 3. The van der Waals surface area contributed by atoms with E-state index >= 15 is 0 Å². The molecule has 108 valence electrons. The molecule has 0 N–H and O–H groups in total. The van der Waals surface area contributed by atoms with Gasteiger partial charge in [-0.2, -0.15) is 0 Å². The maximum Gasteiger partial charge on any atom is 0.270 e. The summed E-state index contributed by atoms with van der Waals surface area (Å²) in [6.45, 7) is 1.72. The van der Waals surface area contributed by atoms with E-state index in [9.17, 15) is 10.1 Å². The lowest BCUT2D eigenvalue weighted by molar-refractivity contribution is -0.384. The molecule has 0 aliphatic carbocycles. The predicted octanol–water partition coefficient (Wildman–Crippen LogP) is 4.37. The van der Waals surface area contributed by atoms with Gasteiger partial charge in [-0.05, 0) is 23.2 Å². The number of nitrogens with zero attached hydrogens (tertiary/aromatic N) is 4. The molecular weight excluding hydrogens is 280 g/mol. The molecule has 0 spiro atoms. The highest BCUT2D eigenvalue weighted by Crippen LogP contribution is 2.25. The second-order valence-corrected chi connectivity index (χ2v) is 4.53. The summed E-state index contributed by atoms with van der Waals surface area (Å²) in [4.78, 5) is 13.2. The molecule has 6 heteroatoms. The Hall–Kier alpha value is -3.29. The summed E-state index contributed by atoms with van der Waals surface area (Å²) in [5, 5.41) is 14.5. The Bertz CT molecular complexity index is 800. The van der Waals surface area contributed by atoms with Crippen LogP contribution in [0.15, 0.2) is 53.6 Å². The third-order valence-electron chi connectivity index (χ3n) is 3.04. The molecule has 6 nitrogen and oxygen atoms in total. The molecular formula is C16H12N4O2. The van der Waals surface area contributed by atoms with E-state index in [0.717, 1.165) is 5.56 Å². The van der Waals surface area contributed by atoms with Crippen molar-refractivity contribution in [2.75, 3.05) is 0 Å². The van der Waals surface area contributed by atoms with Gasteiger partial charge in [-0.3, -0.25) is 10.1 Å². The first-order valence-electron chi connectivity index (χ1n) is 6.51. The van der Waals surface area contributed by atoms with E-state index in [4.69, 9.17) is 5.53 Å². The Morgan fingerprint density at radius 3 is 2.59 bits per heavy atom. The van der Waals surface area contributed by atoms with Crippen molar-refractivity contribution in [1.82, 2.24) is 0 Å². The van der Waals surface area contributed by atoms with E-state index in [2.05, 4.69) is 21.9 Å². The number of azide groups is 1. The van der Waals surface area contributed by atoms with Crippen LogP contribution in [-0.2, 0) is 0 Å². The lowest BCUT2D eigenvalue weighted by atomic mass is 10.0. The van der Waals surface area contributed by atoms with Crippen LogP contribution in [0, 0.1) is 22.0 Å². The van der Waals surface area contributed by atoms with Crippen LogP contribution >= 0.6 is 0 Å². The second-order valence-electron chi connectivity index (χ2n) is 4.53. The van der Waals surface area contributed by atoms with E-state index in [0.29, 0.717) is 11.1 Å². The predicted molar refractivity (Wildman–Crippen MR) is 83.1 cm³/mol. The smallest absolute Gasteiger partial charge is 0.258 e. The molecule has 0 fully saturated rings. The van der Waals surface area contributed by atoms with Gasteiger partial charge in [0, 0.05) is 28.2 Å². The fourth-order valence-electron chi connectivity index (χ4n) is 1.93. The van der Waals surface area contributed by atoms with Gasteiger partial charge < -0.3 is 0 Å². The van der Waals surface area contributed by atoms with Gasteiger partial charge in [0.2, 0.25) is 0 Å². The third-order valence-corrected chi connectivity index (χ3v) is 3.04. The SMILES string of the molecule is CC(N=[N+]=[N-])c1ccc([N+](=O)[O-])cc1C#Cc1ccccc1. The van der Waals surface area contributed by atoms with Crippen molar-refractivity contribution in [3.05, 3.63) is 85.8 Å². The van der Waals surface area contributed by atoms with Crippen LogP contribution in [0.3, 0.4) is 0 Å². The van der Waals surface area contributed by atoms with E-state index in [-0.39, 0.29) is 5.69 Å². The van der Waals surface area contributed by atoms with Crippen LogP contribution in [0.4, 0.5) is 5.69 Å². The first-order valence-corrected chi connectivity index (χ1v) is 6.51. The highest BCUT2D eigenvalue weighted by Gasteiger charge is 2.13. The summed E-state index contributed by atoms with van der Waals surface area (Å²) in [6.07, 6.45) is 0. The Kier molecular flexibility index (Phi) is 4.76. The standard InChI is InChI=1S/C16H12N4O2/c1-12(18-19-17)16-10-9-15(20(21)22)11-14(16)8-7-13-5-3-2-4-6-13/h2-6,9-12H,1H3. The zero-order chi connectivity index (χ0) is 15.9. The van der Waals surface area contributed by atoms with Crippen LogP contribution in [0.1, 0.15) is 29.7 Å². The van der Waals surface area contributed by atoms with E-state index in [1.165, 1.54) is 12.1 Å². The summed E-state index contributed by atoms with van der Waals surface area (Å²) >= 11 is 0. The minimum atomic E-state index is -0.476. The number of nitro groups is 1. The van der Waals surface area contributed by atoms with E-state index in [1.807, 2.05) is 30.3 Å². The zero-order valence-corrected chi connectivity index (χ0v) is 11.8. The molecule has 0 aromatic heterocycles. The maximum absolute atomic E-state index is 10.9. The zero-order valence-electron chi connectivity index (χ0n) is 11.8. The molecule has 2 rings (SSSR count). The summed E-state index contributed by atoms with van der Waals surface area (Å²) < 4.78 is 0. The molecule has 2 aromatic carbocycles.